The molecular weight excluding hydrogens is 480 g/mol. The Kier molecular flexibility index (Phi) is 4.74. The molecule has 0 saturated heterocycles. The minimum atomic E-state index is 0.191. The molecule has 0 bridgehead atoms. The van der Waals surface area contributed by atoms with Crippen LogP contribution in [0.25, 0.3) is 10.8 Å². The number of hydrogen-bond donors (Lipinski definition) is 0. The number of alkyl halides is 1. The summed E-state index contributed by atoms with van der Waals surface area (Å²) in [6, 6.07) is 14.8. The summed E-state index contributed by atoms with van der Waals surface area (Å²) in [6.07, 6.45) is 0. The van der Waals surface area contributed by atoms with Crippen molar-refractivity contribution in [1.82, 2.24) is 0 Å². The third-order valence-electron chi connectivity index (χ3n) is 3.28. The van der Waals surface area contributed by atoms with Gasteiger partial charge in [0, 0.05) is 9.35 Å². The van der Waals surface area contributed by atoms with Gasteiger partial charge in [0.25, 0.3) is 0 Å². The molecule has 0 saturated carbocycles. The summed E-state index contributed by atoms with van der Waals surface area (Å²) in [5, 5.41) is 2.40. The fraction of sp³-hybridized carbons (Fsp3) is 0.125. The van der Waals surface area contributed by atoms with Crippen molar-refractivity contribution in [2.75, 3.05) is 7.11 Å². The van der Waals surface area contributed by atoms with E-state index in [0.29, 0.717) is 0 Å². The van der Waals surface area contributed by atoms with Crippen molar-refractivity contribution in [3.05, 3.63) is 61.2 Å². The van der Waals surface area contributed by atoms with Gasteiger partial charge >= 0.3 is 0 Å². The van der Waals surface area contributed by atoms with E-state index in [1.54, 1.807) is 18.4 Å². The normalized spacial score (nSPS) is 12.6. The van der Waals surface area contributed by atoms with Crippen LogP contribution in [0.2, 0.25) is 0 Å². The molecule has 0 radical (unpaired) electrons. The van der Waals surface area contributed by atoms with Crippen molar-refractivity contribution in [3.63, 3.8) is 0 Å². The largest absolute Gasteiger partial charge is 0.497 e. The Bertz CT molecular complexity index is 778. The first kappa shape index (κ1) is 15.5. The maximum atomic E-state index is 5.27. The van der Waals surface area contributed by atoms with Gasteiger partial charge in [-0.25, -0.2) is 0 Å². The van der Waals surface area contributed by atoms with Crippen molar-refractivity contribution in [2.45, 2.75) is 4.83 Å². The van der Waals surface area contributed by atoms with Crippen LogP contribution in [0.3, 0.4) is 0 Å². The molecule has 108 valence electrons. The van der Waals surface area contributed by atoms with Gasteiger partial charge < -0.3 is 4.74 Å². The summed E-state index contributed by atoms with van der Waals surface area (Å²) in [4.78, 5) is 1.46. The molecule has 3 rings (SSSR count). The average Bonchev–Trinajstić information content (AvgIpc) is 2.85. The first-order valence-corrected chi connectivity index (χ1v) is 9.57. The van der Waals surface area contributed by atoms with E-state index in [2.05, 4.69) is 84.2 Å². The molecule has 0 fully saturated rings. The van der Waals surface area contributed by atoms with Crippen molar-refractivity contribution >= 4 is 69.9 Å². The maximum absolute atomic E-state index is 5.27. The average molecular weight is 491 g/mol. The predicted octanol–water partition coefficient (Wildman–Crippen LogP) is 6.92. The zero-order chi connectivity index (χ0) is 15.0. The quantitative estimate of drug-likeness (QED) is 0.362. The molecule has 21 heavy (non-hydrogen) atoms. The molecule has 0 amide bonds. The molecule has 1 heterocycles. The van der Waals surface area contributed by atoms with Crippen molar-refractivity contribution in [3.8, 4) is 5.75 Å². The lowest BCUT2D eigenvalue weighted by molar-refractivity contribution is 0.415. The Morgan fingerprint density at radius 1 is 1.00 bits per heavy atom. The Morgan fingerprint density at radius 2 is 1.71 bits per heavy atom. The second-order valence-corrected chi connectivity index (χ2v) is 8.78. The number of ether oxygens (including phenoxy) is 1. The van der Waals surface area contributed by atoms with Crippen LogP contribution in [-0.4, -0.2) is 7.11 Å². The molecule has 0 aliphatic heterocycles. The number of methoxy groups -OCH3 is 1. The van der Waals surface area contributed by atoms with Gasteiger partial charge in [-0.15, -0.1) is 11.3 Å². The summed E-state index contributed by atoms with van der Waals surface area (Å²) in [6.45, 7) is 0. The van der Waals surface area contributed by atoms with Gasteiger partial charge in [0.1, 0.15) is 5.75 Å². The Morgan fingerprint density at radius 3 is 2.38 bits per heavy atom. The SMILES string of the molecule is COc1ccc2cc(C(Br)c3cc(Br)c(Br)s3)ccc2c1. The molecule has 0 spiro atoms. The molecule has 0 aliphatic rings. The highest BCUT2D eigenvalue weighted by molar-refractivity contribution is 9.13. The monoisotopic (exact) mass is 488 g/mol. The Balaban J connectivity index is 2.00. The Labute approximate surface area is 152 Å². The van der Waals surface area contributed by atoms with E-state index in [9.17, 15) is 0 Å². The summed E-state index contributed by atoms with van der Waals surface area (Å²) in [7, 11) is 1.69. The molecule has 2 aromatic carbocycles. The number of hydrogen-bond acceptors (Lipinski definition) is 2. The molecule has 0 N–H and O–H groups in total. The summed E-state index contributed by atoms with van der Waals surface area (Å²) < 4.78 is 7.48. The minimum absolute atomic E-state index is 0.191. The fourth-order valence-electron chi connectivity index (χ4n) is 2.18. The summed E-state index contributed by atoms with van der Waals surface area (Å²) in [5.74, 6) is 0.886. The standard InChI is InChI=1S/C16H11Br3OS/c1-20-12-5-4-9-6-11(3-2-10(9)7-12)15(18)14-8-13(17)16(19)21-14/h2-8,15H,1H3. The van der Waals surface area contributed by atoms with Crippen LogP contribution in [0.1, 0.15) is 15.3 Å². The third-order valence-corrected chi connectivity index (χ3v) is 7.92. The molecule has 1 unspecified atom stereocenters. The van der Waals surface area contributed by atoms with Crippen LogP contribution in [0, 0.1) is 0 Å². The van der Waals surface area contributed by atoms with E-state index >= 15 is 0 Å². The highest BCUT2D eigenvalue weighted by Gasteiger charge is 2.15. The number of fused-ring (bicyclic) bond motifs is 1. The van der Waals surface area contributed by atoms with E-state index in [-0.39, 0.29) is 4.83 Å². The third kappa shape index (κ3) is 3.21. The smallest absolute Gasteiger partial charge is 0.119 e. The van der Waals surface area contributed by atoms with Crippen molar-refractivity contribution in [2.24, 2.45) is 0 Å². The first-order valence-electron chi connectivity index (χ1n) is 6.25. The van der Waals surface area contributed by atoms with Gasteiger partial charge in [-0.2, -0.15) is 0 Å². The molecule has 5 heteroatoms. The van der Waals surface area contributed by atoms with E-state index in [4.69, 9.17) is 4.74 Å². The van der Waals surface area contributed by atoms with E-state index in [1.807, 2.05) is 6.07 Å². The molecular formula is C16H11Br3OS. The maximum Gasteiger partial charge on any atom is 0.119 e. The van der Waals surface area contributed by atoms with E-state index < -0.39 is 0 Å². The van der Waals surface area contributed by atoms with Gasteiger partial charge in [0.15, 0.2) is 0 Å². The zero-order valence-corrected chi connectivity index (χ0v) is 16.6. The lowest BCUT2D eigenvalue weighted by Gasteiger charge is -2.10. The van der Waals surface area contributed by atoms with Gasteiger partial charge in [-0.3, -0.25) is 0 Å². The number of benzene rings is 2. The van der Waals surface area contributed by atoms with E-state index in [1.165, 1.54) is 21.2 Å². The fourth-order valence-corrected chi connectivity index (χ4v) is 4.97. The molecule has 3 aromatic rings. The summed E-state index contributed by atoms with van der Waals surface area (Å²) >= 11 is 12.6. The predicted molar refractivity (Wildman–Crippen MR) is 101 cm³/mol. The van der Waals surface area contributed by atoms with Gasteiger partial charge in [-0.1, -0.05) is 34.1 Å². The second kappa shape index (κ2) is 6.41. The minimum Gasteiger partial charge on any atom is -0.497 e. The number of rotatable bonds is 3. The molecule has 1 nitrogen and oxygen atoms in total. The topological polar surface area (TPSA) is 9.23 Å². The van der Waals surface area contributed by atoms with Crippen LogP contribution < -0.4 is 4.74 Å². The van der Waals surface area contributed by atoms with E-state index in [0.717, 1.165) is 14.0 Å². The van der Waals surface area contributed by atoms with Crippen LogP contribution in [0.15, 0.2) is 50.7 Å². The first-order chi connectivity index (χ1) is 10.1. The van der Waals surface area contributed by atoms with Gasteiger partial charge in [-0.05, 0) is 72.5 Å². The van der Waals surface area contributed by atoms with Crippen LogP contribution >= 0.6 is 59.1 Å². The number of thiophene rings is 1. The molecule has 1 atom stereocenters. The van der Waals surface area contributed by atoms with Gasteiger partial charge in [0.05, 0.1) is 15.7 Å². The van der Waals surface area contributed by atoms with Crippen molar-refractivity contribution in [1.29, 1.82) is 0 Å². The second-order valence-electron chi connectivity index (χ2n) is 4.61. The number of halogens is 3. The zero-order valence-electron chi connectivity index (χ0n) is 11.1. The molecule has 1 aromatic heterocycles. The molecule has 0 aliphatic carbocycles. The lowest BCUT2D eigenvalue weighted by Crippen LogP contribution is -1.90. The lowest BCUT2D eigenvalue weighted by atomic mass is 10.0. The highest BCUT2D eigenvalue weighted by Crippen LogP contribution is 2.41. The highest BCUT2D eigenvalue weighted by atomic mass is 79.9. The van der Waals surface area contributed by atoms with Crippen LogP contribution in [-0.2, 0) is 0 Å². The summed E-state index contributed by atoms with van der Waals surface area (Å²) in [5.41, 5.74) is 1.24. The van der Waals surface area contributed by atoms with Crippen LogP contribution in [0.5, 0.6) is 5.75 Å². The Hall–Kier alpha value is -0.360. The van der Waals surface area contributed by atoms with Crippen LogP contribution in [0.4, 0.5) is 0 Å². The van der Waals surface area contributed by atoms with Gasteiger partial charge in [0.2, 0.25) is 0 Å². The van der Waals surface area contributed by atoms with Crippen molar-refractivity contribution < 1.29 is 4.74 Å².